The third-order valence-electron chi connectivity index (χ3n) is 3.42. The van der Waals surface area contributed by atoms with Crippen molar-refractivity contribution >= 4 is 0 Å². The van der Waals surface area contributed by atoms with Crippen molar-refractivity contribution < 1.29 is 5.11 Å². The van der Waals surface area contributed by atoms with Gasteiger partial charge in [0.25, 0.3) is 0 Å². The minimum absolute atomic E-state index is 0.0752. The summed E-state index contributed by atoms with van der Waals surface area (Å²) in [5.74, 6) is 0. The van der Waals surface area contributed by atoms with E-state index in [1.807, 2.05) is 6.07 Å². The van der Waals surface area contributed by atoms with E-state index in [4.69, 9.17) is 0 Å². The van der Waals surface area contributed by atoms with Gasteiger partial charge in [0.1, 0.15) is 0 Å². The second-order valence-corrected chi connectivity index (χ2v) is 4.93. The molecule has 0 atom stereocenters. The van der Waals surface area contributed by atoms with Crippen molar-refractivity contribution in [3.63, 3.8) is 0 Å². The lowest BCUT2D eigenvalue weighted by molar-refractivity contribution is 0.186. The molecular formula is C18H21O. The van der Waals surface area contributed by atoms with E-state index in [1.54, 1.807) is 0 Å². The normalized spacial score (nSPS) is 10.6. The molecule has 0 saturated carbocycles. The highest BCUT2D eigenvalue weighted by atomic mass is 16.2. The maximum atomic E-state index is 10.3. The Morgan fingerprint density at radius 2 is 1.26 bits per heavy atom. The van der Waals surface area contributed by atoms with Gasteiger partial charge in [-0.15, -0.1) is 0 Å². The molecule has 0 bridgehead atoms. The monoisotopic (exact) mass is 253 g/mol. The van der Waals surface area contributed by atoms with Crippen molar-refractivity contribution in [3.05, 3.63) is 60.2 Å². The summed E-state index contributed by atoms with van der Waals surface area (Å²) in [4.78, 5) is 0. The predicted octanol–water partition coefficient (Wildman–Crippen LogP) is 4.89. The van der Waals surface area contributed by atoms with Gasteiger partial charge in [-0.2, -0.15) is 0 Å². The topological polar surface area (TPSA) is 19.9 Å². The molecule has 2 rings (SSSR count). The van der Waals surface area contributed by atoms with Crippen LogP contribution in [0.2, 0.25) is 0 Å². The Labute approximate surface area is 115 Å². The zero-order valence-electron chi connectivity index (χ0n) is 11.3. The van der Waals surface area contributed by atoms with Gasteiger partial charge in [0.2, 0.25) is 0 Å². The fraction of sp³-hybridized carbons (Fsp3) is 0.333. The first-order valence-corrected chi connectivity index (χ1v) is 7.12. The number of benzene rings is 2. The number of hydrogen-bond donors (Lipinski definition) is 0. The lowest BCUT2D eigenvalue weighted by Gasteiger charge is -2.04. The van der Waals surface area contributed by atoms with Crippen molar-refractivity contribution in [1.82, 2.24) is 0 Å². The summed E-state index contributed by atoms with van der Waals surface area (Å²) in [6.07, 6.45) is 5.37. The molecule has 1 heteroatoms. The van der Waals surface area contributed by atoms with Crippen molar-refractivity contribution in [2.24, 2.45) is 0 Å². The van der Waals surface area contributed by atoms with Crippen molar-refractivity contribution in [2.75, 3.05) is 6.61 Å². The van der Waals surface area contributed by atoms with Crippen LogP contribution in [0.3, 0.4) is 0 Å². The molecule has 0 heterocycles. The first-order chi connectivity index (χ1) is 9.40. The molecule has 2 aromatic rings. The summed E-state index contributed by atoms with van der Waals surface area (Å²) >= 11 is 0. The summed E-state index contributed by atoms with van der Waals surface area (Å²) in [5.41, 5.74) is 3.93. The fourth-order valence-corrected chi connectivity index (χ4v) is 2.28. The van der Waals surface area contributed by atoms with Crippen LogP contribution in [0.25, 0.3) is 11.1 Å². The Kier molecular flexibility index (Phi) is 5.64. The van der Waals surface area contributed by atoms with Gasteiger partial charge in [-0.05, 0) is 36.0 Å². The highest BCUT2D eigenvalue weighted by molar-refractivity contribution is 5.63. The summed E-state index contributed by atoms with van der Waals surface area (Å²) in [7, 11) is 0. The molecule has 0 aliphatic carbocycles. The Bertz CT molecular complexity index is 459. The van der Waals surface area contributed by atoms with Crippen LogP contribution in [0.1, 0.15) is 31.2 Å². The molecular weight excluding hydrogens is 232 g/mol. The molecule has 0 unspecified atom stereocenters. The second-order valence-electron chi connectivity index (χ2n) is 4.93. The van der Waals surface area contributed by atoms with Gasteiger partial charge < -0.3 is 0 Å². The fourth-order valence-electron chi connectivity index (χ4n) is 2.28. The quantitative estimate of drug-likeness (QED) is 0.626. The number of unbranched alkanes of at least 4 members (excludes halogenated alkanes) is 3. The summed E-state index contributed by atoms with van der Waals surface area (Å²) < 4.78 is 0. The third-order valence-corrected chi connectivity index (χ3v) is 3.42. The van der Waals surface area contributed by atoms with Gasteiger partial charge in [0, 0.05) is 0 Å². The van der Waals surface area contributed by atoms with Crippen LogP contribution in [0, 0.1) is 0 Å². The molecule has 0 N–H and O–H groups in total. The zero-order valence-corrected chi connectivity index (χ0v) is 11.3. The highest BCUT2D eigenvalue weighted by Crippen LogP contribution is 2.20. The summed E-state index contributed by atoms with van der Waals surface area (Å²) in [6.45, 7) is 0.0752. The Morgan fingerprint density at radius 1 is 0.632 bits per heavy atom. The highest BCUT2D eigenvalue weighted by Gasteiger charge is 1.98. The van der Waals surface area contributed by atoms with E-state index in [2.05, 4.69) is 48.5 Å². The molecule has 0 amide bonds. The maximum Gasteiger partial charge on any atom is 0.0822 e. The molecule has 0 aromatic heterocycles. The van der Waals surface area contributed by atoms with E-state index in [-0.39, 0.29) is 6.61 Å². The van der Waals surface area contributed by atoms with E-state index in [9.17, 15) is 5.11 Å². The van der Waals surface area contributed by atoms with E-state index in [0.29, 0.717) is 0 Å². The van der Waals surface area contributed by atoms with E-state index < -0.39 is 0 Å². The maximum absolute atomic E-state index is 10.3. The molecule has 0 saturated heterocycles. The summed E-state index contributed by atoms with van der Waals surface area (Å²) in [6, 6.07) is 19.3. The average Bonchev–Trinajstić information content (AvgIpc) is 2.49. The smallest absolute Gasteiger partial charge is 0.0822 e. The van der Waals surface area contributed by atoms with Crippen molar-refractivity contribution in [3.8, 4) is 11.1 Å². The van der Waals surface area contributed by atoms with E-state index in [0.717, 1.165) is 19.3 Å². The van der Waals surface area contributed by atoms with Crippen LogP contribution in [-0.2, 0) is 11.5 Å². The van der Waals surface area contributed by atoms with Crippen LogP contribution >= 0.6 is 0 Å². The van der Waals surface area contributed by atoms with Gasteiger partial charge in [-0.25, -0.2) is 5.11 Å². The number of hydrogen-bond acceptors (Lipinski definition) is 0. The predicted molar refractivity (Wildman–Crippen MR) is 79.6 cm³/mol. The Morgan fingerprint density at radius 3 is 1.95 bits per heavy atom. The van der Waals surface area contributed by atoms with Crippen molar-refractivity contribution in [2.45, 2.75) is 32.1 Å². The minimum atomic E-state index is 0.0752. The molecule has 0 spiro atoms. The number of aryl methyl sites for hydroxylation is 1. The van der Waals surface area contributed by atoms with Gasteiger partial charge >= 0.3 is 0 Å². The molecule has 0 aliphatic heterocycles. The average molecular weight is 253 g/mol. The van der Waals surface area contributed by atoms with Crippen LogP contribution in [0.4, 0.5) is 0 Å². The molecule has 1 nitrogen and oxygen atoms in total. The lowest BCUT2D eigenvalue weighted by atomic mass is 10.0. The van der Waals surface area contributed by atoms with Crippen LogP contribution < -0.4 is 0 Å². The van der Waals surface area contributed by atoms with E-state index in [1.165, 1.54) is 29.5 Å². The lowest BCUT2D eigenvalue weighted by Crippen LogP contribution is -1.87. The van der Waals surface area contributed by atoms with Crippen LogP contribution in [-0.4, -0.2) is 6.61 Å². The van der Waals surface area contributed by atoms with Gasteiger partial charge in [-0.1, -0.05) is 67.4 Å². The molecule has 99 valence electrons. The van der Waals surface area contributed by atoms with Crippen LogP contribution in [0.15, 0.2) is 54.6 Å². The van der Waals surface area contributed by atoms with Crippen molar-refractivity contribution in [1.29, 1.82) is 0 Å². The first kappa shape index (κ1) is 13.8. The van der Waals surface area contributed by atoms with Gasteiger partial charge in [-0.3, -0.25) is 0 Å². The third kappa shape index (κ3) is 4.53. The van der Waals surface area contributed by atoms with Gasteiger partial charge in [0.15, 0.2) is 0 Å². The van der Waals surface area contributed by atoms with E-state index >= 15 is 0 Å². The Balaban J connectivity index is 1.85. The molecule has 0 fully saturated rings. The molecule has 0 aliphatic rings. The van der Waals surface area contributed by atoms with Crippen LogP contribution in [0.5, 0.6) is 0 Å². The largest absolute Gasteiger partial charge is 0.237 e. The zero-order chi connectivity index (χ0) is 13.3. The minimum Gasteiger partial charge on any atom is -0.237 e. The standard InChI is InChI=1S/C18H21O/c19-15-7-2-1-4-8-16-11-13-18(14-12-16)17-9-5-3-6-10-17/h3,5-6,9-14H,1-2,4,7-8,15H2. The first-order valence-electron chi connectivity index (χ1n) is 7.12. The Hall–Kier alpha value is -1.60. The summed E-state index contributed by atoms with van der Waals surface area (Å²) in [5, 5.41) is 10.3. The second kappa shape index (κ2) is 7.75. The molecule has 19 heavy (non-hydrogen) atoms. The number of rotatable bonds is 7. The molecule has 2 aromatic carbocycles. The molecule has 1 radical (unpaired) electrons. The van der Waals surface area contributed by atoms with Gasteiger partial charge in [0.05, 0.1) is 6.61 Å². The SMILES string of the molecule is [O]CCCCCCc1ccc(-c2ccccc2)cc1.